The minimum atomic E-state index is 0.0639. The maximum Gasteiger partial charge on any atom is 0.192 e. The summed E-state index contributed by atoms with van der Waals surface area (Å²) in [5.74, 6) is 2.60. The van der Waals surface area contributed by atoms with Crippen LogP contribution in [0.3, 0.4) is 0 Å². The van der Waals surface area contributed by atoms with Crippen LogP contribution in [-0.2, 0) is 13.0 Å². The number of hydrogen-bond donors (Lipinski definition) is 2. The number of nitrogens with zero attached hydrogens (tertiary/aromatic N) is 2. The molecule has 0 aliphatic heterocycles. The van der Waals surface area contributed by atoms with E-state index in [1.165, 1.54) is 4.88 Å². The number of aromatic nitrogens is 1. The molecule has 2 N–H and O–H groups in total. The molecule has 0 spiro atoms. The normalized spacial score (nSPS) is 13.2. The van der Waals surface area contributed by atoms with Crippen molar-refractivity contribution in [1.29, 1.82) is 0 Å². The minimum absolute atomic E-state index is 0.0639. The molecule has 2 aromatic heterocycles. The molecule has 0 bridgehead atoms. The van der Waals surface area contributed by atoms with Gasteiger partial charge in [-0.1, -0.05) is 6.92 Å². The quantitative estimate of drug-likeness (QED) is 0.632. The van der Waals surface area contributed by atoms with Crippen LogP contribution in [0, 0.1) is 6.92 Å². The van der Waals surface area contributed by atoms with E-state index in [1.807, 2.05) is 25.3 Å². The first-order valence-corrected chi connectivity index (χ1v) is 8.48. The third-order valence-corrected chi connectivity index (χ3v) is 4.33. The van der Waals surface area contributed by atoms with Gasteiger partial charge in [0.1, 0.15) is 16.5 Å². The lowest BCUT2D eigenvalue weighted by atomic mass is 10.2. The van der Waals surface area contributed by atoms with E-state index in [0.29, 0.717) is 6.54 Å². The zero-order chi connectivity index (χ0) is 15.9. The van der Waals surface area contributed by atoms with Crippen molar-refractivity contribution in [3.63, 3.8) is 0 Å². The van der Waals surface area contributed by atoms with Crippen molar-refractivity contribution in [2.45, 2.75) is 46.7 Å². The zero-order valence-electron chi connectivity index (χ0n) is 13.6. The van der Waals surface area contributed by atoms with Crippen LogP contribution in [0.1, 0.15) is 48.2 Å². The smallest absolute Gasteiger partial charge is 0.192 e. The van der Waals surface area contributed by atoms with Gasteiger partial charge in [-0.3, -0.25) is 0 Å². The molecule has 2 aromatic rings. The predicted molar refractivity (Wildman–Crippen MR) is 91.3 cm³/mol. The third kappa shape index (κ3) is 4.59. The van der Waals surface area contributed by atoms with Gasteiger partial charge in [0.2, 0.25) is 0 Å². The second-order valence-corrected chi connectivity index (χ2v) is 6.28. The molecule has 0 aromatic carbocycles. The summed E-state index contributed by atoms with van der Waals surface area (Å²) in [6.07, 6.45) is 2.96. The Hall–Kier alpha value is -1.82. The first-order valence-electron chi connectivity index (χ1n) is 7.67. The Morgan fingerprint density at radius 3 is 2.82 bits per heavy atom. The van der Waals surface area contributed by atoms with Crippen LogP contribution in [0.4, 0.5) is 0 Å². The van der Waals surface area contributed by atoms with Crippen molar-refractivity contribution in [3.05, 3.63) is 39.7 Å². The molecule has 0 aliphatic rings. The standard InChI is InChI=1S/C16H24N4OS/c1-5-13-9-18-15(22-13)10-19-16(17-6-2)20-12(4)14-8-7-11(3)21-14/h7-9,12H,5-6,10H2,1-4H3,(H2,17,19,20). The third-order valence-electron chi connectivity index (χ3n) is 3.21. The molecule has 2 heterocycles. The Labute approximate surface area is 135 Å². The molecule has 22 heavy (non-hydrogen) atoms. The molecule has 2 rings (SSSR count). The molecule has 1 unspecified atom stereocenters. The van der Waals surface area contributed by atoms with Crippen molar-refractivity contribution in [2.75, 3.05) is 6.54 Å². The highest BCUT2D eigenvalue weighted by atomic mass is 32.1. The fraction of sp³-hybridized carbons (Fsp3) is 0.500. The van der Waals surface area contributed by atoms with Crippen LogP contribution in [-0.4, -0.2) is 17.5 Å². The highest BCUT2D eigenvalue weighted by Crippen LogP contribution is 2.16. The van der Waals surface area contributed by atoms with E-state index in [2.05, 4.69) is 41.4 Å². The van der Waals surface area contributed by atoms with Gasteiger partial charge in [-0.2, -0.15) is 0 Å². The monoisotopic (exact) mass is 320 g/mol. The predicted octanol–water partition coefficient (Wildman–Crippen LogP) is 3.42. The van der Waals surface area contributed by atoms with Crippen LogP contribution in [0.5, 0.6) is 0 Å². The number of aryl methyl sites for hydroxylation is 2. The van der Waals surface area contributed by atoms with Crippen molar-refractivity contribution in [2.24, 2.45) is 4.99 Å². The Morgan fingerprint density at radius 1 is 1.41 bits per heavy atom. The molecule has 0 radical (unpaired) electrons. The summed E-state index contributed by atoms with van der Waals surface area (Å²) in [6.45, 7) is 9.60. The average Bonchev–Trinajstić information content (AvgIpc) is 3.13. The number of nitrogens with one attached hydrogen (secondary N) is 2. The second kappa shape index (κ2) is 7.98. The summed E-state index contributed by atoms with van der Waals surface area (Å²) in [6, 6.07) is 4.03. The molecule has 1 atom stereocenters. The number of rotatable bonds is 6. The van der Waals surface area contributed by atoms with Gasteiger partial charge >= 0.3 is 0 Å². The van der Waals surface area contributed by atoms with Gasteiger partial charge in [-0.15, -0.1) is 11.3 Å². The fourth-order valence-corrected chi connectivity index (χ4v) is 2.80. The Morgan fingerprint density at radius 2 is 2.23 bits per heavy atom. The second-order valence-electron chi connectivity index (χ2n) is 5.08. The summed E-state index contributed by atoms with van der Waals surface area (Å²) in [7, 11) is 0. The highest BCUT2D eigenvalue weighted by Gasteiger charge is 2.11. The van der Waals surface area contributed by atoms with E-state index in [9.17, 15) is 0 Å². The van der Waals surface area contributed by atoms with Crippen molar-refractivity contribution < 1.29 is 4.42 Å². The number of guanidine groups is 1. The molecule has 5 nitrogen and oxygen atoms in total. The van der Waals surface area contributed by atoms with E-state index in [1.54, 1.807) is 11.3 Å². The topological polar surface area (TPSA) is 62.5 Å². The van der Waals surface area contributed by atoms with Crippen molar-refractivity contribution >= 4 is 17.3 Å². The average molecular weight is 320 g/mol. The van der Waals surface area contributed by atoms with Crippen LogP contribution in [0.15, 0.2) is 27.7 Å². The molecular formula is C16H24N4OS. The maximum atomic E-state index is 5.65. The van der Waals surface area contributed by atoms with Crippen LogP contribution in [0.2, 0.25) is 0 Å². The molecule has 0 amide bonds. The van der Waals surface area contributed by atoms with Gasteiger partial charge in [0, 0.05) is 17.6 Å². The first-order chi connectivity index (χ1) is 10.6. The summed E-state index contributed by atoms with van der Waals surface area (Å²) >= 11 is 1.72. The highest BCUT2D eigenvalue weighted by molar-refractivity contribution is 7.11. The molecule has 0 saturated carbocycles. The molecule has 6 heteroatoms. The van der Waals surface area contributed by atoms with E-state index < -0.39 is 0 Å². The Bertz CT molecular complexity index is 617. The molecule has 0 fully saturated rings. The van der Waals surface area contributed by atoms with Gasteiger partial charge in [0.05, 0.1) is 12.6 Å². The largest absolute Gasteiger partial charge is 0.464 e. The van der Waals surface area contributed by atoms with Gasteiger partial charge < -0.3 is 15.1 Å². The number of aliphatic imine (C=N–C) groups is 1. The number of thiazole rings is 1. The maximum absolute atomic E-state index is 5.65. The van der Waals surface area contributed by atoms with Gasteiger partial charge in [-0.05, 0) is 39.3 Å². The van der Waals surface area contributed by atoms with Crippen LogP contribution >= 0.6 is 11.3 Å². The lowest BCUT2D eigenvalue weighted by Gasteiger charge is -2.15. The van der Waals surface area contributed by atoms with Crippen LogP contribution in [0.25, 0.3) is 0 Å². The fourth-order valence-electron chi connectivity index (χ4n) is 2.01. The number of furan rings is 1. The zero-order valence-corrected chi connectivity index (χ0v) is 14.5. The molecular weight excluding hydrogens is 296 g/mol. The first kappa shape index (κ1) is 16.5. The van der Waals surface area contributed by atoms with Gasteiger partial charge in [0.25, 0.3) is 0 Å². The SMILES string of the molecule is CCNC(=NCc1ncc(CC)s1)NC(C)c1ccc(C)o1. The lowest BCUT2D eigenvalue weighted by Crippen LogP contribution is -2.38. The minimum Gasteiger partial charge on any atom is -0.464 e. The van der Waals surface area contributed by atoms with Crippen molar-refractivity contribution in [3.8, 4) is 0 Å². The summed E-state index contributed by atoms with van der Waals surface area (Å²) in [4.78, 5) is 10.3. The summed E-state index contributed by atoms with van der Waals surface area (Å²) < 4.78 is 5.65. The van der Waals surface area contributed by atoms with E-state index in [0.717, 1.165) is 35.5 Å². The molecule has 120 valence electrons. The lowest BCUT2D eigenvalue weighted by molar-refractivity contribution is 0.441. The Balaban J connectivity index is 2.00. The Kier molecular flexibility index (Phi) is 6.00. The van der Waals surface area contributed by atoms with Gasteiger partial charge in [0.15, 0.2) is 5.96 Å². The van der Waals surface area contributed by atoms with Crippen molar-refractivity contribution in [1.82, 2.24) is 15.6 Å². The molecule has 0 saturated heterocycles. The number of hydrogen-bond acceptors (Lipinski definition) is 4. The summed E-state index contributed by atoms with van der Waals surface area (Å²) in [5.41, 5.74) is 0. The van der Waals surface area contributed by atoms with E-state index >= 15 is 0 Å². The molecule has 0 aliphatic carbocycles. The van der Waals surface area contributed by atoms with E-state index in [4.69, 9.17) is 4.42 Å². The van der Waals surface area contributed by atoms with Gasteiger partial charge in [-0.25, -0.2) is 9.98 Å². The summed E-state index contributed by atoms with van der Waals surface area (Å²) in [5, 5.41) is 7.65. The van der Waals surface area contributed by atoms with Crippen LogP contribution < -0.4 is 10.6 Å². The van der Waals surface area contributed by atoms with E-state index in [-0.39, 0.29) is 6.04 Å².